The monoisotopic (exact) mass is 246 g/mol. The second-order valence-electron chi connectivity index (χ2n) is 4.62. The molecule has 96 valence electrons. The van der Waals surface area contributed by atoms with Crippen molar-refractivity contribution in [3.63, 3.8) is 0 Å². The van der Waals surface area contributed by atoms with Gasteiger partial charge in [-0.25, -0.2) is 4.98 Å². The van der Waals surface area contributed by atoms with Crippen LogP contribution in [0.2, 0.25) is 0 Å². The van der Waals surface area contributed by atoms with Crippen LogP contribution in [-0.4, -0.2) is 40.0 Å². The van der Waals surface area contributed by atoms with Crippen molar-refractivity contribution < 1.29 is 4.79 Å². The van der Waals surface area contributed by atoms with Gasteiger partial charge in [-0.2, -0.15) is 0 Å². The van der Waals surface area contributed by atoms with Gasteiger partial charge in [0.1, 0.15) is 5.69 Å². The van der Waals surface area contributed by atoms with Crippen molar-refractivity contribution >= 4 is 5.91 Å². The lowest BCUT2D eigenvalue weighted by Gasteiger charge is -2.18. The largest absolute Gasteiger partial charge is 0.335 e. The van der Waals surface area contributed by atoms with Crippen molar-refractivity contribution in [1.82, 2.24) is 14.5 Å². The minimum absolute atomic E-state index is 0.0874. The van der Waals surface area contributed by atoms with Crippen LogP contribution in [0.5, 0.6) is 0 Å². The van der Waals surface area contributed by atoms with Crippen molar-refractivity contribution in [2.45, 2.75) is 19.4 Å². The van der Waals surface area contributed by atoms with E-state index in [1.807, 2.05) is 4.57 Å². The van der Waals surface area contributed by atoms with Crippen molar-refractivity contribution in [2.75, 3.05) is 19.6 Å². The molecule has 1 fully saturated rings. The summed E-state index contributed by atoms with van der Waals surface area (Å²) in [4.78, 5) is 18.1. The summed E-state index contributed by atoms with van der Waals surface area (Å²) in [5.74, 6) is 3.07. The molecule has 0 bridgehead atoms. The highest BCUT2D eigenvalue weighted by molar-refractivity contribution is 5.92. The van der Waals surface area contributed by atoms with Gasteiger partial charge in [0.05, 0.1) is 12.9 Å². The summed E-state index contributed by atoms with van der Waals surface area (Å²) in [6.45, 7) is 2.28. The SMILES string of the molecule is C#CCN(CC1CC1)C(=O)c1cn(CCN)cn1. The van der Waals surface area contributed by atoms with Crippen LogP contribution in [0.4, 0.5) is 0 Å². The molecule has 1 saturated carbocycles. The number of carbonyl (C=O) groups is 1. The number of carbonyl (C=O) groups excluding carboxylic acids is 1. The van der Waals surface area contributed by atoms with Gasteiger partial charge in [0.25, 0.3) is 5.91 Å². The highest BCUT2D eigenvalue weighted by atomic mass is 16.2. The van der Waals surface area contributed by atoms with Crippen molar-refractivity contribution in [1.29, 1.82) is 0 Å². The second-order valence-corrected chi connectivity index (χ2v) is 4.62. The Morgan fingerprint density at radius 2 is 2.44 bits per heavy atom. The molecule has 0 radical (unpaired) electrons. The van der Waals surface area contributed by atoms with E-state index < -0.39 is 0 Å². The lowest BCUT2D eigenvalue weighted by atomic mass is 10.3. The fraction of sp³-hybridized carbons (Fsp3) is 0.538. The number of nitrogens with zero attached hydrogens (tertiary/aromatic N) is 3. The highest BCUT2D eigenvalue weighted by Crippen LogP contribution is 2.29. The van der Waals surface area contributed by atoms with E-state index in [0.717, 1.165) is 6.54 Å². The molecule has 0 unspecified atom stereocenters. The minimum Gasteiger partial charge on any atom is -0.335 e. The van der Waals surface area contributed by atoms with E-state index in [0.29, 0.717) is 31.2 Å². The van der Waals surface area contributed by atoms with Crippen LogP contribution >= 0.6 is 0 Å². The number of hydrogen-bond donors (Lipinski definition) is 1. The fourth-order valence-electron chi connectivity index (χ4n) is 1.85. The van der Waals surface area contributed by atoms with Crippen LogP contribution in [0.15, 0.2) is 12.5 Å². The Labute approximate surface area is 107 Å². The number of terminal acetylenes is 1. The van der Waals surface area contributed by atoms with Crippen molar-refractivity contribution in [2.24, 2.45) is 11.7 Å². The van der Waals surface area contributed by atoms with Gasteiger partial charge in [-0.15, -0.1) is 6.42 Å². The molecule has 1 amide bonds. The van der Waals surface area contributed by atoms with E-state index in [2.05, 4.69) is 10.9 Å². The molecule has 2 N–H and O–H groups in total. The molecular formula is C13H18N4O. The lowest BCUT2D eigenvalue weighted by Crippen LogP contribution is -2.33. The summed E-state index contributed by atoms with van der Waals surface area (Å²) >= 11 is 0. The molecular weight excluding hydrogens is 228 g/mol. The Balaban J connectivity index is 2.03. The Kier molecular flexibility index (Phi) is 4.00. The summed E-state index contributed by atoms with van der Waals surface area (Å²) in [6, 6.07) is 0. The maximum absolute atomic E-state index is 12.2. The maximum atomic E-state index is 12.2. The second kappa shape index (κ2) is 5.69. The molecule has 0 atom stereocenters. The van der Waals surface area contributed by atoms with E-state index in [4.69, 9.17) is 12.2 Å². The van der Waals surface area contributed by atoms with Gasteiger partial charge in [-0.05, 0) is 18.8 Å². The van der Waals surface area contributed by atoms with Gasteiger partial charge in [-0.3, -0.25) is 4.79 Å². The van der Waals surface area contributed by atoms with Gasteiger partial charge in [0.15, 0.2) is 0 Å². The first-order chi connectivity index (χ1) is 8.74. The maximum Gasteiger partial charge on any atom is 0.274 e. The van der Waals surface area contributed by atoms with Gasteiger partial charge in [-0.1, -0.05) is 5.92 Å². The number of imidazole rings is 1. The average Bonchev–Trinajstić information content (AvgIpc) is 3.05. The molecule has 2 rings (SSSR count). The molecule has 1 aliphatic carbocycles. The molecule has 1 aromatic heterocycles. The Morgan fingerprint density at radius 1 is 1.67 bits per heavy atom. The number of hydrogen-bond acceptors (Lipinski definition) is 3. The van der Waals surface area contributed by atoms with Gasteiger partial charge < -0.3 is 15.2 Å². The summed E-state index contributed by atoms with van der Waals surface area (Å²) in [6.07, 6.45) is 11.0. The average molecular weight is 246 g/mol. The molecule has 0 aliphatic heterocycles. The molecule has 18 heavy (non-hydrogen) atoms. The van der Waals surface area contributed by atoms with E-state index in [9.17, 15) is 4.79 Å². The zero-order valence-electron chi connectivity index (χ0n) is 10.4. The summed E-state index contributed by atoms with van der Waals surface area (Å²) in [5.41, 5.74) is 5.90. The van der Waals surface area contributed by atoms with Crippen molar-refractivity contribution in [3.05, 3.63) is 18.2 Å². The number of nitrogens with two attached hydrogens (primary N) is 1. The number of rotatable bonds is 6. The molecule has 1 aliphatic rings. The zero-order valence-corrected chi connectivity index (χ0v) is 10.4. The molecule has 1 heterocycles. The highest BCUT2D eigenvalue weighted by Gasteiger charge is 2.27. The quantitative estimate of drug-likeness (QED) is 0.736. The van der Waals surface area contributed by atoms with Gasteiger partial charge in [0.2, 0.25) is 0 Å². The molecule has 0 saturated heterocycles. The van der Waals surface area contributed by atoms with E-state index in [1.165, 1.54) is 12.8 Å². The zero-order chi connectivity index (χ0) is 13.0. The first kappa shape index (κ1) is 12.7. The van der Waals surface area contributed by atoms with Crippen molar-refractivity contribution in [3.8, 4) is 12.3 Å². The van der Waals surface area contributed by atoms with E-state index in [-0.39, 0.29) is 5.91 Å². The Bertz CT molecular complexity index is 456. The van der Waals surface area contributed by atoms with Crippen LogP contribution < -0.4 is 5.73 Å². The summed E-state index contributed by atoms with van der Waals surface area (Å²) < 4.78 is 1.82. The van der Waals surface area contributed by atoms with Gasteiger partial charge >= 0.3 is 0 Å². The van der Waals surface area contributed by atoms with Crippen LogP contribution in [-0.2, 0) is 6.54 Å². The molecule has 0 spiro atoms. The van der Waals surface area contributed by atoms with Crippen LogP contribution in [0.3, 0.4) is 0 Å². The number of aromatic nitrogens is 2. The first-order valence-corrected chi connectivity index (χ1v) is 6.19. The molecule has 5 nitrogen and oxygen atoms in total. The molecule has 1 aromatic rings. The van der Waals surface area contributed by atoms with Crippen LogP contribution in [0, 0.1) is 18.3 Å². The van der Waals surface area contributed by atoms with Crippen LogP contribution in [0.25, 0.3) is 0 Å². The van der Waals surface area contributed by atoms with E-state index in [1.54, 1.807) is 17.4 Å². The molecule has 5 heteroatoms. The third kappa shape index (κ3) is 3.11. The topological polar surface area (TPSA) is 64.2 Å². The first-order valence-electron chi connectivity index (χ1n) is 6.19. The predicted octanol–water partition coefficient (Wildman–Crippen LogP) is 0.327. The third-order valence-electron chi connectivity index (χ3n) is 2.98. The summed E-state index contributed by atoms with van der Waals surface area (Å²) in [5, 5.41) is 0. The lowest BCUT2D eigenvalue weighted by molar-refractivity contribution is 0.0764. The molecule has 0 aromatic carbocycles. The predicted molar refractivity (Wildman–Crippen MR) is 68.7 cm³/mol. The van der Waals surface area contributed by atoms with Gasteiger partial charge in [0, 0.05) is 25.8 Å². The smallest absolute Gasteiger partial charge is 0.274 e. The Hall–Kier alpha value is -1.80. The normalized spacial score (nSPS) is 14.2. The minimum atomic E-state index is -0.0874. The fourth-order valence-corrected chi connectivity index (χ4v) is 1.85. The Morgan fingerprint density at radius 3 is 3.06 bits per heavy atom. The van der Waals surface area contributed by atoms with E-state index >= 15 is 0 Å². The standard InChI is InChI=1S/C13H18N4O/c1-2-6-17(8-11-3-4-11)13(18)12-9-16(7-5-14)10-15-12/h1,9-11H,3-8,14H2. The number of amides is 1. The summed E-state index contributed by atoms with van der Waals surface area (Å²) in [7, 11) is 0. The third-order valence-corrected chi connectivity index (χ3v) is 2.98. The van der Waals surface area contributed by atoms with Crippen LogP contribution in [0.1, 0.15) is 23.3 Å².